The Morgan fingerprint density at radius 3 is 2.67 bits per heavy atom. The van der Waals surface area contributed by atoms with Gasteiger partial charge in [0.25, 0.3) is 5.91 Å². The average Bonchev–Trinajstić information content (AvgIpc) is 3.56. The van der Waals surface area contributed by atoms with E-state index in [2.05, 4.69) is 28.6 Å². The standard InChI is InChI=1S/C24H24N4O4S/c1-17-22(33(30,31)27-13-4-5-14-27)15-21(32-17)24(29)26-23-11-12-25-28(23)16-19-9-6-8-18-7-2-3-10-20(18)19/h2-3,6-12,15H,4-5,13-14,16H2,1H3,(H,26,29). The van der Waals surface area contributed by atoms with Crippen molar-refractivity contribution < 1.29 is 17.6 Å². The molecule has 1 N–H and O–H groups in total. The molecule has 1 saturated heterocycles. The van der Waals surface area contributed by atoms with Gasteiger partial charge in [0, 0.05) is 25.2 Å². The van der Waals surface area contributed by atoms with Crippen molar-refractivity contribution in [3.05, 3.63) is 77.9 Å². The van der Waals surface area contributed by atoms with Crippen LogP contribution in [0.2, 0.25) is 0 Å². The number of aryl methyl sites for hydroxylation is 1. The Morgan fingerprint density at radius 2 is 1.85 bits per heavy atom. The van der Waals surface area contributed by atoms with Crippen molar-refractivity contribution in [2.24, 2.45) is 0 Å². The SMILES string of the molecule is Cc1oc(C(=O)Nc2ccnn2Cc2cccc3ccccc23)cc1S(=O)(=O)N1CCCC1. The fourth-order valence-electron chi connectivity index (χ4n) is 4.24. The number of nitrogens with zero attached hydrogens (tertiary/aromatic N) is 3. The fraction of sp³-hybridized carbons (Fsp3) is 0.250. The number of carbonyl (C=O) groups excluding carboxylic acids is 1. The van der Waals surface area contributed by atoms with Crippen molar-refractivity contribution in [3.63, 3.8) is 0 Å². The molecule has 8 nitrogen and oxygen atoms in total. The number of aromatic nitrogens is 2. The third-order valence-electron chi connectivity index (χ3n) is 5.94. The monoisotopic (exact) mass is 464 g/mol. The van der Waals surface area contributed by atoms with E-state index >= 15 is 0 Å². The lowest BCUT2D eigenvalue weighted by atomic mass is 10.0. The number of benzene rings is 2. The van der Waals surface area contributed by atoms with Crippen LogP contribution in [0.5, 0.6) is 0 Å². The zero-order valence-electron chi connectivity index (χ0n) is 18.2. The molecule has 9 heteroatoms. The molecule has 0 saturated carbocycles. The lowest BCUT2D eigenvalue weighted by Gasteiger charge is -2.14. The van der Waals surface area contributed by atoms with Crippen LogP contribution in [0.15, 0.2) is 70.1 Å². The predicted octanol–water partition coefficient (Wildman–Crippen LogP) is 4.02. The van der Waals surface area contributed by atoms with E-state index in [1.807, 2.05) is 24.3 Å². The summed E-state index contributed by atoms with van der Waals surface area (Å²) >= 11 is 0. The van der Waals surface area contributed by atoms with Crippen LogP contribution in [-0.4, -0.2) is 41.5 Å². The van der Waals surface area contributed by atoms with Crippen LogP contribution in [0, 0.1) is 6.92 Å². The number of carbonyl (C=O) groups is 1. The molecule has 5 rings (SSSR count). The van der Waals surface area contributed by atoms with Crippen LogP contribution < -0.4 is 5.32 Å². The molecule has 4 aromatic rings. The van der Waals surface area contributed by atoms with Gasteiger partial charge in [0.2, 0.25) is 10.0 Å². The second-order valence-corrected chi connectivity index (χ2v) is 10.0. The van der Waals surface area contributed by atoms with Crippen molar-refractivity contribution >= 4 is 32.5 Å². The maximum absolute atomic E-state index is 12.9. The molecule has 0 spiro atoms. The first kappa shape index (κ1) is 21.4. The first-order valence-corrected chi connectivity index (χ1v) is 12.3. The van der Waals surface area contributed by atoms with E-state index in [1.165, 1.54) is 10.4 Å². The van der Waals surface area contributed by atoms with Gasteiger partial charge in [0.05, 0.1) is 12.7 Å². The summed E-state index contributed by atoms with van der Waals surface area (Å²) in [5.41, 5.74) is 1.07. The molecule has 1 aliphatic heterocycles. The molecule has 33 heavy (non-hydrogen) atoms. The zero-order chi connectivity index (χ0) is 23.0. The van der Waals surface area contributed by atoms with E-state index in [4.69, 9.17) is 4.42 Å². The van der Waals surface area contributed by atoms with Crippen LogP contribution in [0.25, 0.3) is 10.8 Å². The number of nitrogens with one attached hydrogen (secondary N) is 1. The smallest absolute Gasteiger partial charge is 0.292 e. The van der Waals surface area contributed by atoms with Gasteiger partial charge in [0.1, 0.15) is 16.5 Å². The maximum atomic E-state index is 12.9. The minimum absolute atomic E-state index is 0.0406. The number of sulfonamides is 1. The number of hydrogen-bond acceptors (Lipinski definition) is 5. The van der Waals surface area contributed by atoms with Gasteiger partial charge in [-0.2, -0.15) is 9.40 Å². The van der Waals surface area contributed by atoms with Gasteiger partial charge >= 0.3 is 0 Å². The fourth-order valence-corrected chi connectivity index (χ4v) is 5.91. The quantitative estimate of drug-likeness (QED) is 0.465. The Kier molecular flexibility index (Phi) is 5.51. The molecule has 1 fully saturated rings. The Labute approximate surface area is 191 Å². The molecule has 0 radical (unpaired) electrons. The molecule has 0 aliphatic carbocycles. The van der Waals surface area contributed by atoms with E-state index in [0.717, 1.165) is 29.2 Å². The molecule has 1 amide bonds. The molecule has 170 valence electrons. The molecule has 2 aromatic carbocycles. The van der Waals surface area contributed by atoms with Crippen LogP contribution >= 0.6 is 0 Å². The van der Waals surface area contributed by atoms with Gasteiger partial charge in [-0.3, -0.25) is 4.79 Å². The van der Waals surface area contributed by atoms with Gasteiger partial charge in [-0.25, -0.2) is 13.1 Å². The normalized spacial score (nSPS) is 14.7. The second kappa shape index (κ2) is 8.49. The van der Waals surface area contributed by atoms with Crippen molar-refractivity contribution in [2.75, 3.05) is 18.4 Å². The first-order chi connectivity index (χ1) is 15.9. The van der Waals surface area contributed by atoms with Crippen molar-refractivity contribution in [2.45, 2.75) is 31.2 Å². The van der Waals surface area contributed by atoms with E-state index in [1.54, 1.807) is 23.9 Å². The summed E-state index contributed by atoms with van der Waals surface area (Å²) < 4.78 is 34.5. The molecule has 1 aliphatic rings. The van der Waals surface area contributed by atoms with Crippen LogP contribution in [0.3, 0.4) is 0 Å². The summed E-state index contributed by atoms with van der Waals surface area (Å²) in [7, 11) is -3.67. The third kappa shape index (κ3) is 4.05. The average molecular weight is 465 g/mol. The van der Waals surface area contributed by atoms with E-state index in [9.17, 15) is 13.2 Å². The molecule has 2 aromatic heterocycles. The number of anilines is 1. The molecular weight excluding hydrogens is 440 g/mol. The Hall–Kier alpha value is -3.43. The molecular formula is C24H24N4O4S. The maximum Gasteiger partial charge on any atom is 0.292 e. The number of amides is 1. The van der Waals surface area contributed by atoms with E-state index in [-0.39, 0.29) is 16.4 Å². The van der Waals surface area contributed by atoms with Gasteiger partial charge in [-0.1, -0.05) is 42.5 Å². The minimum Gasteiger partial charge on any atom is -0.455 e. The van der Waals surface area contributed by atoms with E-state index in [0.29, 0.717) is 25.5 Å². The Bertz CT molecular complexity index is 1430. The molecule has 0 unspecified atom stereocenters. The first-order valence-electron chi connectivity index (χ1n) is 10.8. The Balaban J connectivity index is 1.37. The summed E-state index contributed by atoms with van der Waals surface area (Å²) in [6, 6.07) is 17.2. The van der Waals surface area contributed by atoms with Gasteiger partial charge in [-0.15, -0.1) is 0 Å². The van der Waals surface area contributed by atoms with Crippen LogP contribution in [-0.2, 0) is 16.6 Å². The van der Waals surface area contributed by atoms with Crippen molar-refractivity contribution in [1.29, 1.82) is 0 Å². The predicted molar refractivity (Wildman–Crippen MR) is 125 cm³/mol. The molecule has 0 bridgehead atoms. The van der Waals surface area contributed by atoms with Crippen molar-refractivity contribution in [1.82, 2.24) is 14.1 Å². The minimum atomic E-state index is -3.67. The van der Waals surface area contributed by atoms with Crippen molar-refractivity contribution in [3.8, 4) is 0 Å². The van der Waals surface area contributed by atoms with E-state index < -0.39 is 15.9 Å². The van der Waals surface area contributed by atoms with Gasteiger partial charge in [-0.05, 0) is 36.1 Å². The third-order valence-corrected chi connectivity index (χ3v) is 7.94. The lowest BCUT2D eigenvalue weighted by Crippen LogP contribution is -2.28. The highest BCUT2D eigenvalue weighted by atomic mass is 32.2. The second-order valence-electron chi connectivity index (χ2n) is 8.11. The van der Waals surface area contributed by atoms with Crippen LogP contribution in [0.1, 0.15) is 34.7 Å². The Morgan fingerprint density at radius 1 is 1.09 bits per heavy atom. The largest absolute Gasteiger partial charge is 0.455 e. The highest BCUT2D eigenvalue weighted by Gasteiger charge is 2.31. The number of hydrogen-bond donors (Lipinski definition) is 1. The number of fused-ring (bicyclic) bond motifs is 1. The molecule has 0 atom stereocenters. The summed E-state index contributed by atoms with van der Waals surface area (Å²) in [5, 5.41) is 9.39. The number of rotatable bonds is 6. The topological polar surface area (TPSA) is 97.4 Å². The summed E-state index contributed by atoms with van der Waals surface area (Å²) in [6.07, 6.45) is 3.28. The molecule has 3 heterocycles. The zero-order valence-corrected chi connectivity index (χ0v) is 19.0. The summed E-state index contributed by atoms with van der Waals surface area (Å²) in [4.78, 5) is 12.9. The van der Waals surface area contributed by atoms with Gasteiger partial charge < -0.3 is 9.73 Å². The number of furan rings is 1. The lowest BCUT2D eigenvalue weighted by molar-refractivity contribution is 0.0994. The highest BCUT2D eigenvalue weighted by Crippen LogP contribution is 2.27. The van der Waals surface area contributed by atoms with Gasteiger partial charge in [0.15, 0.2) is 5.76 Å². The summed E-state index contributed by atoms with van der Waals surface area (Å²) in [6.45, 7) is 3.00. The van der Waals surface area contributed by atoms with Crippen LogP contribution in [0.4, 0.5) is 5.82 Å². The highest BCUT2D eigenvalue weighted by molar-refractivity contribution is 7.89. The summed E-state index contributed by atoms with van der Waals surface area (Å²) in [5.74, 6) is 0.117.